The van der Waals surface area contributed by atoms with Gasteiger partial charge in [0.25, 0.3) is 0 Å². The van der Waals surface area contributed by atoms with E-state index in [4.69, 9.17) is 4.74 Å². The molecule has 0 radical (unpaired) electrons. The SMILES string of the molecule is CN(CCN1CCOC1=O)[C@@H]1Cc2ccccc2[C@H]1O. The van der Waals surface area contributed by atoms with Crippen molar-refractivity contribution < 1.29 is 14.6 Å². The highest BCUT2D eigenvalue weighted by Crippen LogP contribution is 2.33. The van der Waals surface area contributed by atoms with Crippen LogP contribution in [-0.2, 0) is 11.2 Å². The number of carbonyl (C=O) groups excluding carboxylic acids is 1. The average Bonchev–Trinajstić information content (AvgIpc) is 3.01. The van der Waals surface area contributed by atoms with E-state index >= 15 is 0 Å². The number of fused-ring (bicyclic) bond motifs is 1. The lowest BCUT2D eigenvalue weighted by atomic mass is 10.1. The molecule has 1 heterocycles. The summed E-state index contributed by atoms with van der Waals surface area (Å²) in [4.78, 5) is 15.2. The molecule has 108 valence electrons. The maximum absolute atomic E-state index is 11.4. The summed E-state index contributed by atoms with van der Waals surface area (Å²) in [6.07, 6.45) is 0.188. The third kappa shape index (κ3) is 2.39. The Balaban J connectivity index is 1.59. The Morgan fingerprint density at radius 3 is 2.95 bits per heavy atom. The van der Waals surface area contributed by atoms with Crippen molar-refractivity contribution in [1.29, 1.82) is 0 Å². The van der Waals surface area contributed by atoms with Gasteiger partial charge in [-0.25, -0.2) is 4.79 Å². The Kier molecular flexibility index (Phi) is 3.63. The van der Waals surface area contributed by atoms with Crippen molar-refractivity contribution in [2.75, 3.05) is 33.3 Å². The van der Waals surface area contributed by atoms with Crippen LogP contribution in [0.5, 0.6) is 0 Å². The van der Waals surface area contributed by atoms with Crippen molar-refractivity contribution in [3.8, 4) is 0 Å². The fourth-order valence-corrected chi connectivity index (χ4v) is 3.02. The summed E-state index contributed by atoms with van der Waals surface area (Å²) in [5.74, 6) is 0. The molecule has 5 heteroatoms. The fourth-order valence-electron chi connectivity index (χ4n) is 3.02. The highest BCUT2D eigenvalue weighted by Gasteiger charge is 2.33. The standard InChI is InChI=1S/C15H20N2O3/c1-16(6-7-17-8-9-20-15(17)19)13-10-11-4-2-3-5-12(11)14(13)18/h2-5,13-14,18H,6-10H2,1H3/t13-,14-/m1/s1. The second-order valence-electron chi connectivity index (χ2n) is 5.50. The first-order chi connectivity index (χ1) is 9.66. The third-order valence-corrected chi connectivity index (χ3v) is 4.30. The molecule has 1 fully saturated rings. The van der Waals surface area contributed by atoms with Crippen molar-refractivity contribution in [2.24, 2.45) is 0 Å². The van der Waals surface area contributed by atoms with Crippen LogP contribution in [0.3, 0.4) is 0 Å². The van der Waals surface area contributed by atoms with Crippen molar-refractivity contribution in [3.05, 3.63) is 35.4 Å². The van der Waals surface area contributed by atoms with Crippen LogP contribution >= 0.6 is 0 Å². The lowest BCUT2D eigenvalue weighted by Crippen LogP contribution is -2.41. The van der Waals surface area contributed by atoms with Gasteiger partial charge in [-0.3, -0.25) is 4.90 Å². The van der Waals surface area contributed by atoms with Crippen LogP contribution in [0.2, 0.25) is 0 Å². The van der Waals surface area contributed by atoms with Crippen molar-refractivity contribution >= 4 is 6.09 Å². The van der Waals surface area contributed by atoms with Crippen LogP contribution < -0.4 is 0 Å². The maximum atomic E-state index is 11.4. The molecule has 1 amide bonds. The topological polar surface area (TPSA) is 53.0 Å². The van der Waals surface area contributed by atoms with Crippen LogP contribution in [-0.4, -0.2) is 60.3 Å². The zero-order valence-electron chi connectivity index (χ0n) is 11.7. The minimum absolute atomic E-state index is 0.0889. The van der Waals surface area contributed by atoms with E-state index in [1.165, 1.54) is 5.56 Å². The molecule has 1 saturated heterocycles. The Morgan fingerprint density at radius 1 is 1.45 bits per heavy atom. The minimum atomic E-state index is -0.443. The van der Waals surface area contributed by atoms with Gasteiger partial charge in [0.05, 0.1) is 12.6 Å². The third-order valence-electron chi connectivity index (χ3n) is 4.30. The van der Waals surface area contributed by atoms with Crippen molar-refractivity contribution in [3.63, 3.8) is 0 Å². The molecule has 2 atom stereocenters. The van der Waals surface area contributed by atoms with E-state index in [9.17, 15) is 9.90 Å². The van der Waals surface area contributed by atoms with Crippen molar-refractivity contribution in [2.45, 2.75) is 18.6 Å². The summed E-state index contributed by atoms with van der Waals surface area (Å²) in [5.41, 5.74) is 2.25. The first kappa shape index (κ1) is 13.4. The number of aliphatic hydroxyl groups excluding tert-OH is 1. The van der Waals surface area contributed by atoms with Gasteiger partial charge < -0.3 is 14.7 Å². The number of carbonyl (C=O) groups is 1. The zero-order valence-corrected chi connectivity index (χ0v) is 11.7. The summed E-state index contributed by atoms with van der Waals surface area (Å²) in [6.45, 7) is 2.54. The molecule has 1 aromatic carbocycles. The molecule has 0 bridgehead atoms. The normalized spacial score (nSPS) is 25.1. The molecule has 5 nitrogen and oxygen atoms in total. The molecule has 1 aliphatic heterocycles. The van der Waals surface area contributed by atoms with Gasteiger partial charge in [-0.2, -0.15) is 0 Å². The fraction of sp³-hybridized carbons (Fsp3) is 0.533. The molecule has 3 rings (SSSR count). The number of rotatable bonds is 4. The van der Waals surface area contributed by atoms with E-state index in [0.717, 1.165) is 18.5 Å². The summed E-state index contributed by atoms with van der Waals surface area (Å²) in [7, 11) is 2.00. The summed E-state index contributed by atoms with van der Waals surface area (Å²) < 4.78 is 4.91. The van der Waals surface area contributed by atoms with E-state index in [0.29, 0.717) is 19.7 Å². The molecule has 0 spiro atoms. The first-order valence-electron chi connectivity index (χ1n) is 7.04. The number of hydrogen-bond acceptors (Lipinski definition) is 4. The van der Waals surface area contributed by atoms with Gasteiger partial charge in [0.1, 0.15) is 6.61 Å². The molecular weight excluding hydrogens is 256 g/mol. The molecule has 20 heavy (non-hydrogen) atoms. The van der Waals surface area contributed by atoms with Gasteiger partial charge in [0, 0.05) is 19.1 Å². The Hall–Kier alpha value is -1.59. The van der Waals surface area contributed by atoms with Crippen LogP contribution in [0, 0.1) is 0 Å². The zero-order chi connectivity index (χ0) is 14.1. The van der Waals surface area contributed by atoms with Gasteiger partial charge in [0.2, 0.25) is 0 Å². The molecule has 0 unspecified atom stereocenters. The molecule has 1 N–H and O–H groups in total. The molecule has 2 aliphatic rings. The summed E-state index contributed by atoms with van der Waals surface area (Å²) >= 11 is 0. The number of likely N-dealkylation sites (N-methyl/N-ethyl adjacent to an activating group) is 1. The number of nitrogens with zero attached hydrogens (tertiary/aromatic N) is 2. The monoisotopic (exact) mass is 276 g/mol. The maximum Gasteiger partial charge on any atom is 0.409 e. The predicted molar refractivity (Wildman–Crippen MR) is 74.4 cm³/mol. The Labute approximate surface area is 118 Å². The van der Waals surface area contributed by atoms with Gasteiger partial charge in [0.15, 0.2) is 0 Å². The number of amides is 1. The van der Waals surface area contributed by atoms with Crippen LogP contribution in [0.1, 0.15) is 17.2 Å². The van der Waals surface area contributed by atoms with Gasteiger partial charge in [-0.15, -0.1) is 0 Å². The summed E-state index contributed by atoms with van der Waals surface area (Å²) in [6, 6.07) is 8.13. The molecule has 0 aromatic heterocycles. The molecule has 1 aromatic rings. The number of ether oxygens (including phenoxy) is 1. The Bertz CT molecular complexity index is 506. The van der Waals surface area contributed by atoms with Crippen LogP contribution in [0.15, 0.2) is 24.3 Å². The average molecular weight is 276 g/mol. The molecule has 0 saturated carbocycles. The Morgan fingerprint density at radius 2 is 2.25 bits per heavy atom. The number of aliphatic hydroxyl groups is 1. The second-order valence-corrected chi connectivity index (χ2v) is 5.50. The number of hydrogen-bond donors (Lipinski definition) is 1. The van der Waals surface area contributed by atoms with E-state index < -0.39 is 6.10 Å². The smallest absolute Gasteiger partial charge is 0.409 e. The molecule has 1 aliphatic carbocycles. The number of cyclic esters (lactones) is 1. The van der Waals surface area contributed by atoms with E-state index in [1.54, 1.807) is 4.90 Å². The van der Waals surface area contributed by atoms with Crippen molar-refractivity contribution in [1.82, 2.24) is 9.80 Å². The van der Waals surface area contributed by atoms with Gasteiger partial charge >= 0.3 is 6.09 Å². The van der Waals surface area contributed by atoms with E-state index in [-0.39, 0.29) is 12.1 Å². The van der Waals surface area contributed by atoms with Crippen LogP contribution in [0.25, 0.3) is 0 Å². The summed E-state index contributed by atoms with van der Waals surface area (Å²) in [5, 5.41) is 10.4. The minimum Gasteiger partial charge on any atom is -0.448 e. The van der Waals surface area contributed by atoms with Gasteiger partial charge in [-0.1, -0.05) is 24.3 Å². The van der Waals surface area contributed by atoms with E-state index in [2.05, 4.69) is 11.0 Å². The van der Waals surface area contributed by atoms with Crippen LogP contribution in [0.4, 0.5) is 4.79 Å². The van der Waals surface area contributed by atoms with E-state index in [1.807, 2.05) is 25.2 Å². The second kappa shape index (κ2) is 5.42. The number of benzene rings is 1. The first-order valence-corrected chi connectivity index (χ1v) is 7.04. The highest BCUT2D eigenvalue weighted by atomic mass is 16.6. The lowest BCUT2D eigenvalue weighted by molar-refractivity contribution is 0.0720. The largest absolute Gasteiger partial charge is 0.448 e. The predicted octanol–water partition coefficient (Wildman–Crippen LogP) is 1.03. The highest BCUT2D eigenvalue weighted by molar-refractivity contribution is 5.69. The lowest BCUT2D eigenvalue weighted by Gasteiger charge is -2.28. The quantitative estimate of drug-likeness (QED) is 0.892. The van der Waals surface area contributed by atoms with Gasteiger partial charge in [-0.05, 0) is 24.6 Å². The molecular formula is C15H20N2O3.